The van der Waals surface area contributed by atoms with Crippen molar-refractivity contribution in [2.45, 2.75) is 13.2 Å². The Hall–Kier alpha value is -1.91. The summed E-state index contributed by atoms with van der Waals surface area (Å²) in [6.07, 6.45) is 0. The van der Waals surface area contributed by atoms with E-state index in [4.69, 9.17) is 16.7 Å². The maximum Gasteiger partial charge on any atom is 0.253 e. The summed E-state index contributed by atoms with van der Waals surface area (Å²) in [5.41, 5.74) is 1.79. The van der Waals surface area contributed by atoms with Gasteiger partial charge in [-0.05, 0) is 23.3 Å². The van der Waals surface area contributed by atoms with Gasteiger partial charge in [0.2, 0.25) is 0 Å². The van der Waals surface area contributed by atoms with Crippen LogP contribution in [0.15, 0.2) is 42.5 Å². The Bertz CT molecular complexity index is 614. The maximum absolute atomic E-state index is 13.3. The van der Waals surface area contributed by atoms with Crippen LogP contribution in [0.3, 0.4) is 0 Å². The van der Waals surface area contributed by atoms with Crippen molar-refractivity contribution < 1.29 is 14.3 Å². The largest absolute Gasteiger partial charge is 0.392 e. The second-order valence-electron chi connectivity index (χ2n) is 4.26. The summed E-state index contributed by atoms with van der Waals surface area (Å²) in [6, 6.07) is 11.3. The highest BCUT2D eigenvalue weighted by Gasteiger charge is 2.12. The normalized spacial score (nSPS) is 10.3. The molecule has 2 aromatic rings. The Kier molecular flexibility index (Phi) is 4.71. The van der Waals surface area contributed by atoms with E-state index in [1.54, 1.807) is 24.3 Å². The van der Waals surface area contributed by atoms with Crippen molar-refractivity contribution in [1.29, 1.82) is 0 Å². The van der Waals surface area contributed by atoms with Gasteiger partial charge >= 0.3 is 0 Å². The molecular formula is C15H13ClFNO2. The third-order valence-corrected chi connectivity index (χ3v) is 3.24. The average Bonchev–Trinajstić information content (AvgIpc) is 2.48. The number of halogens is 2. The fraction of sp³-hybridized carbons (Fsp3) is 0.133. The molecule has 20 heavy (non-hydrogen) atoms. The minimum atomic E-state index is -0.619. The number of rotatable bonds is 4. The Morgan fingerprint density at radius 2 is 1.80 bits per heavy atom. The Balaban J connectivity index is 2.02. The van der Waals surface area contributed by atoms with Crippen molar-refractivity contribution in [3.8, 4) is 0 Å². The predicted molar refractivity (Wildman–Crippen MR) is 74.9 cm³/mol. The first-order valence-corrected chi connectivity index (χ1v) is 6.40. The highest BCUT2D eigenvalue weighted by molar-refractivity contribution is 6.34. The van der Waals surface area contributed by atoms with Crippen LogP contribution < -0.4 is 5.32 Å². The van der Waals surface area contributed by atoms with Gasteiger partial charge in [-0.2, -0.15) is 0 Å². The Labute approximate surface area is 121 Å². The second-order valence-corrected chi connectivity index (χ2v) is 4.64. The molecule has 2 N–H and O–H groups in total. The highest BCUT2D eigenvalue weighted by Crippen LogP contribution is 2.19. The van der Waals surface area contributed by atoms with Crippen LogP contribution in [0.5, 0.6) is 0 Å². The smallest absolute Gasteiger partial charge is 0.253 e. The van der Waals surface area contributed by atoms with Gasteiger partial charge in [-0.15, -0.1) is 0 Å². The van der Waals surface area contributed by atoms with Gasteiger partial charge in [0.25, 0.3) is 5.91 Å². The highest BCUT2D eigenvalue weighted by atomic mass is 35.5. The van der Waals surface area contributed by atoms with Gasteiger partial charge in [-0.1, -0.05) is 41.9 Å². The van der Waals surface area contributed by atoms with E-state index in [1.165, 1.54) is 18.2 Å². The summed E-state index contributed by atoms with van der Waals surface area (Å²) in [5.74, 6) is -1.05. The molecule has 0 heterocycles. The fourth-order valence-electron chi connectivity index (χ4n) is 1.72. The monoisotopic (exact) mass is 293 g/mol. The molecule has 1 amide bonds. The molecule has 0 aliphatic rings. The quantitative estimate of drug-likeness (QED) is 0.910. The molecule has 0 saturated carbocycles. The average molecular weight is 294 g/mol. The van der Waals surface area contributed by atoms with Crippen molar-refractivity contribution in [2.24, 2.45) is 0 Å². The number of amides is 1. The second kappa shape index (κ2) is 6.50. The van der Waals surface area contributed by atoms with Gasteiger partial charge in [-0.3, -0.25) is 4.79 Å². The fourth-order valence-corrected chi connectivity index (χ4v) is 1.93. The third-order valence-electron chi connectivity index (χ3n) is 2.85. The summed E-state index contributed by atoms with van der Waals surface area (Å²) in [4.78, 5) is 11.9. The molecule has 104 valence electrons. The molecule has 0 fully saturated rings. The molecule has 0 aliphatic heterocycles. The Morgan fingerprint density at radius 3 is 2.45 bits per heavy atom. The van der Waals surface area contributed by atoms with Crippen molar-refractivity contribution in [3.05, 3.63) is 70.0 Å². The zero-order valence-electron chi connectivity index (χ0n) is 10.6. The van der Waals surface area contributed by atoms with E-state index in [9.17, 15) is 9.18 Å². The van der Waals surface area contributed by atoms with Gasteiger partial charge in [0.1, 0.15) is 5.82 Å². The van der Waals surface area contributed by atoms with Gasteiger partial charge in [0.05, 0.1) is 17.2 Å². The number of carbonyl (C=O) groups excluding carboxylic acids is 1. The molecule has 0 unspecified atom stereocenters. The maximum atomic E-state index is 13.3. The van der Waals surface area contributed by atoms with E-state index < -0.39 is 11.7 Å². The number of nitrogens with one attached hydrogen (secondary N) is 1. The minimum absolute atomic E-state index is 0.0223. The summed E-state index contributed by atoms with van der Waals surface area (Å²) in [6.45, 7) is 0.281. The van der Waals surface area contributed by atoms with Crippen molar-refractivity contribution in [1.82, 2.24) is 5.32 Å². The van der Waals surface area contributed by atoms with Crippen molar-refractivity contribution >= 4 is 17.5 Å². The molecule has 0 atom stereocenters. The molecule has 0 radical (unpaired) electrons. The van der Waals surface area contributed by atoms with E-state index >= 15 is 0 Å². The van der Waals surface area contributed by atoms with Crippen LogP contribution >= 0.6 is 11.6 Å². The van der Waals surface area contributed by atoms with Crippen LogP contribution in [-0.2, 0) is 13.2 Å². The van der Waals surface area contributed by atoms with Crippen LogP contribution in [0.25, 0.3) is 0 Å². The number of hydrogen-bond acceptors (Lipinski definition) is 2. The van der Waals surface area contributed by atoms with Crippen molar-refractivity contribution in [2.75, 3.05) is 0 Å². The number of carbonyl (C=O) groups is 1. The first-order chi connectivity index (χ1) is 9.61. The zero-order valence-corrected chi connectivity index (χ0v) is 11.3. The molecular weight excluding hydrogens is 281 g/mol. The van der Waals surface area contributed by atoms with Gasteiger partial charge in [0.15, 0.2) is 0 Å². The standard InChI is InChI=1S/C15H13ClFNO2/c16-14-12(2-1-3-13(14)17)15(20)18-8-10-4-6-11(9-19)7-5-10/h1-7,19H,8-9H2,(H,18,20). The van der Waals surface area contributed by atoms with Crippen LogP contribution in [0.1, 0.15) is 21.5 Å². The number of aliphatic hydroxyl groups is 1. The lowest BCUT2D eigenvalue weighted by Crippen LogP contribution is -2.23. The molecule has 5 heteroatoms. The molecule has 0 saturated heterocycles. The summed E-state index contributed by atoms with van der Waals surface area (Å²) in [5, 5.41) is 11.4. The lowest BCUT2D eigenvalue weighted by molar-refractivity contribution is 0.0950. The van der Waals surface area contributed by atoms with E-state index in [1.807, 2.05) is 0 Å². The van der Waals surface area contributed by atoms with Gasteiger partial charge < -0.3 is 10.4 Å². The number of hydrogen-bond donors (Lipinski definition) is 2. The van der Waals surface area contributed by atoms with Gasteiger partial charge in [0, 0.05) is 6.54 Å². The lowest BCUT2D eigenvalue weighted by Gasteiger charge is -2.07. The van der Waals surface area contributed by atoms with E-state index in [0.29, 0.717) is 6.54 Å². The van der Waals surface area contributed by atoms with Crippen LogP contribution in [0, 0.1) is 5.82 Å². The molecule has 0 aromatic heterocycles. The SMILES string of the molecule is O=C(NCc1ccc(CO)cc1)c1cccc(F)c1Cl. The summed E-state index contributed by atoms with van der Waals surface area (Å²) >= 11 is 5.75. The predicted octanol–water partition coefficient (Wildman–Crippen LogP) is 2.90. The first kappa shape index (κ1) is 14.5. The molecule has 2 aromatic carbocycles. The Morgan fingerprint density at radius 1 is 1.15 bits per heavy atom. The molecule has 2 rings (SSSR count). The molecule has 0 aliphatic carbocycles. The number of benzene rings is 2. The topological polar surface area (TPSA) is 49.3 Å². The lowest BCUT2D eigenvalue weighted by atomic mass is 10.1. The van der Waals surface area contributed by atoms with Crippen LogP contribution in [0.2, 0.25) is 5.02 Å². The van der Waals surface area contributed by atoms with Crippen LogP contribution in [-0.4, -0.2) is 11.0 Å². The minimum Gasteiger partial charge on any atom is -0.392 e. The summed E-state index contributed by atoms with van der Waals surface area (Å²) in [7, 11) is 0. The third kappa shape index (κ3) is 3.35. The van der Waals surface area contributed by atoms with Crippen LogP contribution in [0.4, 0.5) is 4.39 Å². The van der Waals surface area contributed by atoms with E-state index in [0.717, 1.165) is 11.1 Å². The zero-order chi connectivity index (χ0) is 14.5. The van der Waals surface area contributed by atoms with Crippen molar-refractivity contribution in [3.63, 3.8) is 0 Å². The molecule has 0 spiro atoms. The van der Waals surface area contributed by atoms with E-state index in [2.05, 4.69) is 5.32 Å². The van der Waals surface area contributed by atoms with Gasteiger partial charge in [-0.25, -0.2) is 4.39 Å². The summed E-state index contributed by atoms with van der Waals surface area (Å²) < 4.78 is 13.3. The first-order valence-electron chi connectivity index (χ1n) is 6.02. The number of aliphatic hydroxyl groups excluding tert-OH is 1. The molecule has 3 nitrogen and oxygen atoms in total. The molecule has 0 bridgehead atoms. The van der Waals surface area contributed by atoms with E-state index in [-0.39, 0.29) is 17.2 Å².